The number of piperidine rings is 2. The van der Waals surface area contributed by atoms with Gasteiger partial charge in [0.15, 0.2) is 17.2 Å². The average Bonchev–Trinajstić information content (AvgIpc) is 3.94. The maximum atomic E-state index is 16.5. The molecule has 380 valence electrons. The third kappa shape index (κ3) is 9.54. The Labute approximate surface area is 422 Å². The fourth-order valence-electron chi connectivity index (χ4n) is 12.0. The summed E-state index contributed by atoms with van der Waals surface area (Å²) in [5.74, 6) is -2.52. The standard InChI is InChI=1S/C55H61ClF2N6O8/c1-32-47-45(28-41(57)50(56)49(47)48-40(52(59)67)13-14-43(51(48)58)70-26-25-65)72-55(32,37-5-3-2-4-6-37)31-60-38-10-7-35(8-11-38)53(68)63-22-15-33(16-23-63)29-62-20-17-34(18-21-62)36-9-12-39-42(30-71-44(39)27-36)64-24-19-46(66)61-54(64)69/h2-6,9,12-14,27-28,30,32-35,38,60,65H,7-8,10-11,15-26,29,31H2,1H3,(H2,59,67)(H,61,66,69)/t32-,35?,38?,55-/m0/s1. The summed E-state index contributed by atoms with van der Waals surface area (Å²) in [4.78, 5) is 57.1. The highest BCUT2D eigenvalue weighted by molar-refractivity contribution is 6.34. The molecule has 1 aromatic heterocycles. The Bertz CT molecular complexity index is 2860. The molecule has 0 radical (unpaired) electrons. The zero-order valence-electron chi connectivity index (χ0n) is 40.4. The highest BCUT2D eigenvalue weighted by Gasteiger charge is 2.50. The molecular weight excluding hydrogens is 946 g/mol. The van der Waals surface area contributed by atoms with Crippen molar-refractivity contribution in [3.05, 3.63) is 112 Å². The molecule has 17 heteroatoms. The number of furan rings is 1. The second-order valence-corrected chi connectivity index (χ2v) is 20.6. The minimum Gasteiger partial charge on any atom is -0.488 e. The Balaban J connectivity index is 0.729. The molecule has 1 aliphatic carbocycles. The number of nitrogens with two attached hydrogens (primary N) is 1. The number of urea groups is 1. The summed E-state index contributed by atoms with van der Waals surface area (Å²) < 4.78 is 50.5. The third-order valence-corrected chi connectivity index (χ3v) is 16.4. The van der Waals surface area contributed by atoms with E-state index in [-0.39, 0.29) is 71.6 Å². The molecule has 0 unspecified atom stereocenters. The van der Waals surface area contributed by atoms with Crippen LogP contribution in [-0.4, -0.2) is 104 Å². The van der Waals surface area contributed by atoms with E-state index < -0.39 is 40.1 Å². The van der Waals surface area contributed by atoms with Crippen molar-refractivity contribution in [3.8, 4) is 22.6 Å². The second kappa shape index (κ2) is 20.8. The molecule has 14 nitrogen and oxygen atoms in total. The fourth-order valence-corrected chi connectivity index (χ4v) is 12.3. The van der Waals surface area contributed by atoms with Crippen molar-refractivity contribution in [2.45, 2.75) is 88.2 Å². The molecule has 5 aromatic rings. The second-order valence-electron chi connectivity index (χ2n) is 20.2. The van der Waals surface area contributed by atoms with E-state index in [2.05, 4.69) is 32.6 Å². The van der Waals surface area contributed by atoms with Crippen molar-refractivity contribution in [3.63, 3.8) is 0 Å². The predicted octanol–water partition coefficient (Wildman–Crippen LogP) is 8.61. The van der Waals surface area contributed by atoms with Gasteiger partial charge in [0, 0.05) is 85.2 Å². The first-order valence-electron chi connectivity index (χ1n) is 25.3. The highest BCUT2D eigenvalue weighted by atomic mass is 35.5. The average molecular weight is 1010 g/mol. The first-order valence-corrected chi connectivity index (χ1v) is 25.7. The number of aliphatic hydroxyl groups is 1. The summed E-state index contributed by atoms with van der Waals surface area (Å²) in [7, 11) is 0. The lowest BCUT2D eigenvalue weighted by Crippen LogP contribution is -2.49. The molecule has 4 aliphatic heterocycles. The van der Waals surface area contributed by atoms with E-state index in [1.54, 1.807) is 11.2 Å². The summed E-state index contributed by atoms with van der Waals surface area (Å²) in [6, 6.07) is 19.2. The van der Waals surface area contributed by atoms with E-state index in [0.717, 1.165) is 101 Å². The number of nitrogens with one attached hydrogen (secondary N) is 2. The number of anilines is 1. The number of nitrogens with zero attached hydrogens (tertiary/aromatic N) is 3. The molecule has 4 fully saturated rings. The quantitative estimate of drug-likeness (QED) is 0.0842. The number of primary amides is 1. The lowest BCUT2D eigenvalue weighted by molar-refractivity contribution is -0.138. The van der Waals surface area contributed by atoms with Gasteiger partial charge < -0.3 is 39.8 Å². The monoisotopic (exact) mass is 1010 g/mol. The Kier molecular flexibility index (Phi) is 14.3. The van der Waals surface area contributed by atoms with Gasteiger partial charge in [0.2, 0.25) is 17.7 Å². The highest BCUT2D eigenvalue weighted by Crippen LogP contribution is 2.56. The number of carbonyl (C=O) groups excluding carboxylic acids is 4. The van der Waals surface area contributed by atoms with Gasteiger partial charge in [-0.1, -0.05) is 54.9 Å². The largest absolute Gasteiger partial charge is 0.488 e. The number of fused-ring (bicyclic) bond motifs is 2. The summed E-state index contributed by atoms with van der Waals surface area (Å²) in [6.45, 7) is 6.55. The zero-order valence-corrected chi connectivity index (χ0v) is 41.2. The van der Waals surface area contributed by atoms with Crippen LogP contribution in [0.4, 0.5) is 19.3 Å². The van der Waals surface area contributed by atoms with Crippen LogP contribution in [0.1, 0.15) is 104 Å². The van der Waals surface area contributed by atoms with Crippen molar-refractivity contribution >= 4 is 52.0 Å². The lowest BCUT2D eigenvalue weighted by Gasteiger charge is -2.40. The number of aliphatic hydroxyl groups excluding tert-OH is 1. The Morgan fingerprint density at radius 3 is 2.39 bits per heavy atom. The number of amides is 5. The topological polar surface area (TPSA) is 180 Å². The van der Waals surface area contributed by atoms with Gasteiger partial charge in [-0.25, -0.2) is 13.6 Å². The number of halogens is 3. The molecule has 3 saturated heterocycles. The van der Waals surface area contributed by atoms with Crippen LogP contribution in [0.2, 0.25) is 5.02 Å². The number of imide groups is 1. The molecule has 10 rings (SSSR count). The summed E-state index contributed by atoms with van der Waals surface area (Å²) in [5.41, 5.74) is 7.98. The van der Waals surface area contributed by atoms with Crippen LogP contribution in [0.25, 0.3) is 22.1 Å². The number of hydrogen-bond acceptors (Lipinski definition) is 10. The molecule has 2 atom stereocenters. The summed E-state index contributed by atoms with van der Waals surface area (Å²) >= 11 is 6.72. The number of rotatable bonds is 14. The number of carbonyl (C=O) groups is 4. The van der Waals surface area contributed by atoms with Gasteiger partial charge in [-0.15, -0.1) is 0 Å². The molecule has 5 amide bonds. The summed E-state index contributed by atoms with van der Waals surface area (Å²) in [6.07, 6.45) is 9.00. The maximum Gasteiger partial charge on any atom is 0.328 e. The SMILES string of the molecule is C[C@H]1c2c(cc(F)c(Cl)c2-c2c(C(N)=O)ccc(OCCO)c2F)O[C@]1(CNC1CCC(C(=O)N2CCC(CN3CCC(c4ccc5c(N6CCC(=O)NC6=O)coc5c4)CC3)CC2)CC1)c1ccccc1. The first kappa shape index (κ1) is 49.5. The minimum atomic E-state index is -1.10. The predicted molar refractivity (Wildman–Crippen MR) is 268 cm³/mol. The number of likely N-dealkylation sites (tertiary alicyclic amines) is 2. The Hall–Kier alpha value is -6.07. The van der Waals surface area contributed by atoms with Crippen molar-refractivity contribution in [2.24, 2.45) is 17.6 Å². The minimum absolute atomic E-state index is 0.0475. The normalized spacial score (nSPS) is 23.3. The molecule has 5 aliphatic rings. The van der Waals surface area contributed by atoms with E-state index in [4.69, 9.17) is 31.2 Å². The van der Waals surface area contributed by atoms with E-state index in [1.807, 2.05) is 43.3 Å². The number of benzene rings is 4. The van der Waals surface area contributed by atoms with E-state index in [0.29, 0.717) is 36.2 Å². The molecule has 4 aromatic carbocycles. The number of ether oxygens (including phenoxy) is 2. The van der Waals surface area contributed by atoms with Gasteiger partial charge in [-0.2, -0.15) is 0 Å². The zero-order chi connectivity index (χ0) is 50.3. The fraction of sp³-hybridized carbons (Fsp3) is 0.455. The molecule has 0 bridgehead atoms. The van der Waals surface area contributed by atoms with Crippen molar-refractivity contribution in [2.75, 3.05) is 63.9 Å². The van der Waals surface area contributed by atoms with Crippen LogP contribution in [0.15, 0.2) is 77.4 Å². The molecule has 5 N–H and O–H groups in total. The van der Waals surface area contributed by atoms with Crippen molar-refractivity contribution in [1.29, 1.82) is 0 Å². The van der Waals surface area contributed by atoms with Gasteiger partial charge in [0.05, 0.1) is 22.9 Å². The first-order chi connectivity index (χ1) is 34.8. The molecule has 72 heavy (non-hydrogen) atoms. The molecule has 5 heterocycles. The molecule has 1 saturated carbocycles. The van der Waals surface area contributed by atoms with Crippen LogP contribution in [0.3, 0.4) is 0 Å². The Morgan fingerprint density at radius 1 is 0.931 bits per heavy atom. The van der Waals surface area contributed by atoms with Crippen LogP contribution in [0.5, 0.6) is 11.5 Å². The molecule has 0 spiro atoms. The van der Waals surface area contributed by atoms with Gasteiger partial charge >= 0.3 is 6.03 Å². The third-order valence-electron chi connectivity index (χ3n) is 16.0. The summed E-state index contributed by atoms with van der Waals surface area (Å²) in [5, 5.41) is 16.0. The Morgan fingerprint density at radius 2 is 1.68 bits per heavy atom. The molecular formula is C55H61ClF2N6O8. The smallest absolute Gasteiger partial charge is 0.328 e. The van der Waals surface area contributed by atoms with Crippen LogP contribution in [0, 0.1) is 23.5 Å². The van der Waals surface area contributed by atoms with Crippen LogP contribution >= 0.6 is 11.6 Å². The maximum absolute atomic E-state index is 16.5. The van der Waals surface area contributed by atoms with Crippen molar-refractivity contribution in [1.82, 2.24) is 20.4 Å². The van der Waals surface area contributed by atoms with Crippen LogP contribution in [-0.2, 0) is 15.2 Å². The van der Waals surface area contributed by atoms with Gasteiger partial charge in [-0.05, 0) is 112 Å². The van der Waals surface area contributed by atoms with E-state index in [1.165, 1.54) is 23.8 Å². The van der Waals surface area contributed by atoms with Gasteiger partial charge in [0.25, 0.3) is 0 Å². The van der Waals surface area contributed by atoms with E-state index >= 15 is 8.78 Å². The number of hydrogen-bond donors (Lipinski definition) is 4. The van der Waals surface area contributed by atoms with E-state index in [9.17, 15) is 24.3 Å². The van der Waals surface area contributed by atoms with Crippen LogP contribution < -0.4 is 30.7 Å². The lowest BCUT2D eigenvalue weighted by atomic mass is 9.77. The van der Waals surface area contributed by atoms with Gasteiger partial charge in [-0.3, -0.25) is 24.6 Å². The van der Waals surface area contributed by atoms with Crippen molar-refractivity contribution < 1.29 is 47.0 Å². The van der Waals surface area contributed by atoms with Gasteiger partial charge in [0.1, 0.15) is 30.0 Å².